The molecule has 1 amide bonds. The average Bonchev–Trinajstić information content (AvgIpc) is 3.01. The number of ketones is 1. The fourth-order valence-electron chi connectivity index (χ4n) is 2.99. The molecule has 1 aromatic rings. The van der Waals surface area contributed by atoms with Gasteiger partial charge in [0.05, 0.1) is 11.4 Å². The van der Waals surface area contributed by atoms with Gasteiger partial charge in [-0.25, -0.2) is 0 Å². The van der Waals surface area contributed by atoms with E-state index in [1.165, 1.54) is 30.6 Å². The normalized spacial score (nSPS) is 17.7. The largest absolute Gasteiger partial charge is 0.338 e. The number of amides is 1. The van der Waals surface area contributed by atoms with Crippen LogP contribution in [0.5, 0.6) is 0 Å². The van der Waals surface area contributed by atoms with Crippen LogP contribution in [0.3, 0.4) is 0 Å². The molecule has 1 aliphatic carbocycles. The summed E-state index contributed by atoms with van der Waals surface area (Å²) in [4.78, 5) is 26.8. The van der Waals surface area contributed by atoms with E-state index in [1.807, 2.05) is 24.4 Å². The fourth-order valence-corrected chi connectivity index (χ4v) is 3.65. The average molecular weight is 293 g/mol. The van der Waals surface area contributed by atoms with Crippen molar-refractivity contribution in [2.24, 2.45) is 11.8 Å². The summed E-state index contributed by atoms with van der Waals surface area (Å²) in [6.07, 6.45) is 6.07. The van der Waals surface area contributed by atoms with Gasteiger partial charge in [-0.05, 0) is 30.2 Å². The molecule has 1 saturated carbocycles. The third-order valence-electron chi connectivity index (χ3n) is 4.30. The van der Waals surface area contributed by atoms with Gasteiger partial charge < -0.3 is 4.90 Å². The molecule has 20 heavy (non-hydrogen) atoms. The Morgan fingerprint density at radius 2 is 2.05 bits per heavy atom. The first-order valence-corrected chi connectivity index (χ1v) is 8.29. The maximum absolute atomic E-state index is 12.4. The van der Waals surface area contributed by atoms with Crippen molar-refractivity contribution < 1.29 is 9.59 Å². The first kappa shape index (κ1) is 15.2. The number of thiophene rings is 1. The summed E-state index contributed by atoms with van der Waals surface area (Å²) in [6.45, 7) is 2.21. The van der Waals surface area contributed by atoms with E-state index in [0.717, 1.165) is 17.7 Å². The molecule has 0 bridgehead atoms. The summed E-state index contributed by atoms with van der Waals surface area (Å²) < 4.78 is 0. The highest BCUT2D eigenvalue weighted by Crippen LogP contribution is 2.30. The zero-order chi connectivity index (χ0) is 14.5. The molecule has 1 fully saturated rings. The van der Waals surface area contributed by atoms with Gasteiger partial charge in [-0.3, -0.25) is 9.59 Å². The van der Waals surface area contributed by atoms with Gasteiger partial charge >= 0.3 is 0 Å². The van der Waals surface area contributed by atoms with Crippen molar-refractivity contribution in [3.63, 3.8) is 0 Å². The van der Waals surface area contributed by atoms with Crippen LogP contribution in [0.25, 0.3) is 0 Å². The lowest BCUT2D eigenvalue weighted by atomic mass is 9.80. The first-order chi connectivity index (χ1) is 9.59. The molecule has 1 atom stereocenters. The predicted molar refractivity (Wildman–Crippen MR) is 82.0 cm³/mol. The molecule has 0 aliphatic heterocycles. The van der Waals surface area contributed by atoms with Gasteiger partial charge in [-0.1, -0.05) is 32.3 Å². The van der Waals surface area contributed by atoms with Gasteiger partial charge in [0.25, 0.3) is 0 Å². The van der Waals surface area contributed by atoms with Crippen LogP contribution in [-0.4, -0.2) is 30.2 Å². The van der Waals surface area contributed by atoms with E-state index in [1.54, 1.807) is 11.9 Å². The Hall–Kier alpha value is -1.16. The molecule has 1 aliphatic rings. The van der Waals surface area contributed by atoms with Crippen molar-refractivity contribution in [1.82, 2.24) is 4.90 Å². The third-order valence-corrected chi connectivity index (χ3v) is 5.21. The summed E-state index contributed by atoms with van der Waals surface area (Å²) in [5, 5.41) is 1.89. The van der Waals surface area contributed by atoms with Crippen LogP contribution in [0.15, 0.2) is 17.5 Å². The van der Waals surface area contributed by atoms with Crippen LogP contribution < -0.4 is 0 Å². The van der Waals surface area contributed by atoms with E-state index < -0.39 is 0 Å². The van der Waals surface area contributed by atoms with Crippen LogP contribution in [0.2, 0.25) is 0 Å². The molecule has 0 saturated heterocycles. The van der Waals surface area contributed by atoms with Crippen LogP contribution >= 0.6 is 11.3 Å². The second-order valence-corrected chi connectivity index (χ2v) is 6.73. The van der Waals surface area contributed by atoms with E-state index in [-0.39, 0.29) is 24.2 Å². The zero-order valence-electron chi connectivity index (χ0n) is 12.3. The lowest BCUT2D eigenvalue weighted by Gasteiger charge is -2.29. The predicted octanol–water partition coefficient (Wildman–Crippen LogP) is 3.61. The SMILES string of the molecule is CC(C(=O)N(C)CC(=O)c1cccs1)C1CCCCC1. The maximum atomic E-state index is 12.4. The van der Waals surface area contributed by atoms with Crippen LogP contribution in [0.4, 0.5) is 0 Å². The lowest BCUT2D eigenvalue weighted by Crippen LogP contribution is -2.38. The molecule has 110 valence electrons. The van der Waals surface area contributed by atoms with Crippen molar-refractivity contribution in [3.05, 3.63) is 22.4 Å². The topological polar surface area (TPSA) is 37.4 Å². The molecule has 1 aromatic heterocycles. The van der Waals surface area contributed by atoms with Gasteiger partial charge in [-0.2, -0.15) is 0 Å². The van der Waals surface area contributed by atoms with E-state index in [4.69, 9.17) is 0 Å². The fraction of sp³-hybridized carbons (Fsp3) is 0.625. The minimum atomic E-state index is 0.0340. The quantitative estimate of drug-likeness (QED) is 0.778. The number of Topliss-reactive ketones (excluding diaryl/α,β-unsaturated/α-hetero) is 1. The minimum Gasteiger partial charge on any atom is -0.338 e. The molecule has 0 spiro atoms. The number of nitrogens with zero attached hydrogens (tertiary/aromatic N) is 1. The van der Waals surface area contributed by atoms with Gasteiger partial charge in [0.2, 0.25) is 5.91 Å². The van der Waals surface area contributed by atoms with Gasteiger partial charge in [0.15, 0.2) is 5.78 Å². The molecule has 0 aromatic carbocycles. The molecule has 2 rings (SSSR count). The van der Waals surface area contributed by atoms with Crippen molar-refractivity contribution in [2.45, 2.75) is 39.0 Å². The summed E-state index contributed by atoms with van der Waals surface area (Å²) in [5.41, 5.74) is 0. The standard InChI is InChI=1S/C16H23NO2S/c1-12(13-7-4-3-5-8-13)16(19)17(2)11-14(18)15-9-6-10-20-15/h6,9-10,12-13H,3-5,7-8,11H2,1-2H3. The molecule has 0 N–H and O–H groups in total. The summed E-state index contributed by atoms with van der Waals surface area (Å²) >= 11 is 1.43. The number of rotatable bonds is 5. The Morgan fingerprint density at radius 1 is 1.35 bits per heavy atom. The Balaban J connectivity index is 1.89. The highest BCUT2D eigenvalue weighted by Gasteiger charge is 2.28. The number of carbonyl (C=O) groups is 2. The maximum Gasteiger partial charge on any atom is 0.225 e. The summed E-state index contributed by atoms with van der Waals surface area (Å²) in [6, 6.07) is 3.68. The van der Waals surface area contributed by atoms with Crippen LogP contribution in [-0.2, 0) is 4.79 Å². The molecule has 1 heterocycles. The molecular weight excluding hydrogens is 270 g/mol. The Morgan fingerprint density at radius 3 is 2.65 bits per heavy atom. The second-order valence-electron chi connectivity index (χ2n) is 5.78. The van der Waals surface area contributed by atoms with Crippen LogP contribution in [0, 0.1) is 11.8 Å². The monoisotopic (exact) mass is 293 g/mol. The molecule has 3 nitrogen and oxygen atoms in total. The Labute approximate surface area is 125 Å². The zero-order valence-corrected chi connectivity index (χ0v) is 13.1. The van der Waals surface area contributed by atoms with Gasteiger partial charge in [0.1, 0.15) is 0 Å². The third kappa shape index (κ3) is 3.69. The molecule has 1 unspecified atom stereocenters. The molecular formula is C16H23NO2S. The number of hydrogen-bond acceptors (Lipinski definition) is 3. The lowest BCUT2D eigenvalue weighted by molar-refractivity contribution is -0.135. The van der Waals surface area contributed by atoms with Gasteiger partial charge in [0, 0.05) is 13.0 Å². The van der Waals surface area contributed by atoms with Crippen molar-refractivity contribution in [1.29, 1.82) is 0 Å². The minimum absolute atomic E-state index is 0.0340. The molecule has 0 radical (unpaired) electrons. The Kier molecular flexibility index (Phi) is 5.35. The van der Waals surface area contributed by atoms with Crippen molar-refractivity contribution in [3.8, 4) is 0 Å². The van der Waals surface area contributed by atoms with E-state index in [0.29, 0.717) is 5.92 Å². The van der Waals surface area contributed by atoms with E-state index in [2.05, 4.69) is 0 Å². The van der Waals surface area contributed by atoms with Crippen molar-refractivity contribution in [2.75, 3.05) is 13.6 Å². The molecule has 4 heteroatoms. The van der Waals surface area contributed by atoms with Crippen LogP contribution in [0.1, 0.15) is 48.7 Å². The highest BCUT2D eigenvalue weighted by molar-refractivity contribution is 7.12. The Bertz CT molecular complexity index is 449. The second kappa shape index (κ2) is 7.02. The van der Waals surface area contributed by atoms with Gasteiger partial charge in [-0.15, -0.1) is 11.3 Å². The highest BCUT2D eigenvalue weighted by atomic mass is 32.1. The van der Waals surface area contributed by atoms with E-state index in [9.17, 15) is 9.59 Å². The number of likely N-dealkylation sites (N-methyl/N-ethyl adjacent to an activating group) is 1. The number of hydrogen-bond donors (Lipinski definition) is 0. The number of carbonyl (C=O) groups excluding carboxylic acids is 2. The van der Waals surface area contributed by atoms with Crippen molar-refractivity contribution >= 4 is 23.0 Å². The summed E-state index contributed by atoms with van der Waals surface area (Å²) in [5.74, 6) is 0.681. The first-order valence-electron chi connectivity index (χ1n) is 7.41. The van der Waals surface area contributed by atoms with E-state index >= 15 is 0 Å². The summed E-state index contributed by atoms with van der Waals surface area (Å²) in [7, 11) is 1.74. The smallest absolute Gasteiger partial charge is 0.225 e.